The predicted octanol–water partition coefficient (Wildman–Crippen LogP) is 0.803. The Bertz CT molecular complexity index is 651. The van der Waals surface area contributed by atoms with Crippen molar-refractivity contribution >= 4 is 21.6 Å². The van der Waals surface area contributed by atoms with E-state index in [4.69, 9.17) is 16.9 Å². The maximum Gasteiger partial charge on any atom is 0.242 e. The van der Waals surface area contributed by atoms with E-state index in [1.807, 2.05) is 6.07 Å². The Morgan fingerprint density at radius 1 is 1.48 bits per heavy atom. The molecule has 1 unspecified atom stereocenters. The van der Waals surface area contributed by atoms with Crippen molar-refractivity contribution in [2.45, 2.75) is 17.4 Å². The Morgan fingerprint density at radius 3 is 2.62 bits per heavy atom. The molecule has 1 rings (SSSR count). The minimum absolute atomic E-state index is 0.0220. The number of likely N-dealkylation sites (N-methyl/N-ethyl adjacent to an activating group) is 1. The van der Waals surface area contributed by atoms with Gasteiger partial charge in [-0.25, -0.2) is 13.1 Å². The molecule has 0 radical (unpaired) electrons. The monoisotopic (exact) mass is 331 g/mol. The molecule has 0 amide bonds. The first-order valence-corrected chi connectivity index (χ1v) is 8.00. The normalized spacial score (nSPS) is 14.7. The van der Waals surface area contributed by atoms with Crippen molar-refractivity contribution in [1.29, 1.82) is 5.26 Å². The highest BCUT2D eigenvalue weighted by Gasteiger charge is 2.26. The first kappa shape index (κ1) is 17.9. The molecule has 1 aromatic rings. The molecule has 8 heteroatoms. The van der Waals surface area contributed by atoms with Crippen LogP contribution in [-0.4, -0.2) is 51.2 Å². The molecule has 0 heterocycles. The number of sulfonamides is 1. The third kappa shape index (κ3) is 5.26. The minimum Gasteiger partial charge on any atom is -0.387 e. The summed E-state index contributed by atoms with van der Waals surface area (Å²) in [6.45, 7) is 1.66. The van der Waals surface area contributed by atoms with Crippen molar-refractivity contribution in [2.75, 3.05) is 27.2 Å². The Morgan fingerprint density at radius 2 is 2.10 bits per heavy atom. The zero-order valence-corrected chi connectivity index (χ0v) is 13.7. The predicted molar refractivity (Wildman–Crippen MR) is 80.5 cm³/mol. The van der Waals surface area contributed by atoms with E-state index < -0.39 is 15.6 Å². The van der Waals surface area contributed by atoms with Gasteiger partial charge in [0.1, 0.15) is 4.90 Å². The smallest absolute Gasteiger partial charge is 0.242 e. The van der Waals surface area contributed by atoms with Gasteiger partial charge in [0.25, 0.3) is 0 Å². The van der Waals surface area contributed by atoms with Crippen LogP contribution in [0.4, 0.5) is 0 Å². The van der Waals surface area contributed by atoms with Gasteiger partial charge in [-0.2, -0.15) is 5.26 Å². The Balaban J connectivity index is 2.95. The van der Waals surface area contributed by atoms with Crippen LogP contribution in [0.1, 0.15) is 12.5 Å². The summed E-state index contributed by atoms with van der Waals surface area (Å²) in [4.78, 5) is 1.57. The fourth-order valence-corrected chi connectivity index (χ4v) is 3.53. The summed E-state index contributed by atoms with van der Waals surface area (Å²) >= 11 is 5.87. The van der Waals surface area contributed by atoms with Crippen LogP contribution in [0, 0.1) is 11.3 Å². The van der Waals surface area contributed by atoms with Crippen LogP contribution in [0.5, 0.6) is 0 Å². The van der Waals surface area contributed by atoms with Crippen LogP contribution in [0.25, 0.3) is 0 Å². The van der Waals surface area contributed by atoms with Crippen molar-refractivity contribution in [3.63, 3.8) is 0 Å². The molecule has 116 valence electrons. The van der Waals surface area contributed by atoms with E-state index in [2.05, 4.69) is 4.72 Å². The average molecular weight is 332 g/mol. The SMILES string of the molecule is CN(C)CC(C)(O)CNS(=O)(=O)c1cc(C#N)ccc1Cl. The highest BCUT2D eigenvalue weighted by molar-refractivity contribution is 7.89. The number of nitrogens with zero attached hydrogens (tertiary/aromatic N) is 2. The third-order valence-corrected chi connectivity index (χ3v) is 4.53. The molecule has 0 saturated carbocycles. The van der Waals surface area contributed by atoms with Crippen molar-refractivity contribution < 1.29 is 13.5 Å². The van der Waals surface area contributed by atoms with Crippen LogP contribution in [0.2, 0.25) is 5.02 Å². The summed E-state index contributed by atoms with van der Waals surface area (Å²) in [6, 6.07) is 5.85. The van der Waals surface area contributed by atoms with Crippen LogP contribution >= 0.6 is 11.6 Å². The summed E-state index contributed by atoms with van der Waals surface area (Å²) in [6.07, 6.45) is 0. The second kappa shape index (κ2) is 6.73. The van der Waals surface area contributed by atoms with E-state index in [-0.39, 0.29) is 22.0 Å². The van der Waals surface area contributed by atoms with Gasteiger partial charge in [0.05, 0.1) is 22.3 Å². The standard InChI is InChI=1S/C13H18ClN3O3S/c1-13(18,9-17(2)3)8-16-21(19,20)12-6-10(7-15)4-5-11(12)14/h4-6,16,18H,8-9H2,1-3H3. The van der Waals surface area contributed by atoms with Crippen molar-refractivity contribution in [3.8, 4) is 6.07 Å². The van der Waals surface area contributed by atoms with Crippen LogP contribution in [-0.2, 0) is 10.0 Å². The van der Waals surface area contributed by atoms with E-state index in [0.717, 1.165) is 0 Å². The number of halogens is 1. The van der Waals surface area contributed by atoms with Gasteiger partial charge in [0.2, 0.25) is 10.0 Å². The lowest BCUT2D eigenvalue weighted by Crippen LogP contribution is -2.47. The lowest BCUT2D eigenvalue weighted by molar-refractivity contribution is 0.0386. The molecule has 0 aromatic heterocycles. The van der Waals surface area contributed by atoms with Crippen molar-refractivity contribution in [3.05, 3.63) is 28.8 Å². The van der Waals surface area contributed by atoms with Gasteiger partial charge in [0.15, 0.2) is 0 Å². The molecule has 0 aliphatic heterocycles. The molecule has 0 bridgehead atoms. The average Bonchev–Trinajstić information content (AvgIpc) is 2.36. The van der Waals surface area contributed by atoms with Gasteiger partial charge in [-0.1, -0.05) is 11.6 Å². The first-order valence-electron chi connectivity index (χ1n) is 6.14. The fourth-order valence-electron chi connectivity index (χ4n) is 1.84. The lowest BCUT2D eigenvalue weighted by atomic mass is 10.1. The van der Waals surface area contributed by atoms with E-state index in [0.29, 0.717) is 6.54 Å². The summed E-state index contributed by atoms with van der Waals surface area (Å²) < 4.78 is 26.8. The quantitative estimate of drug-likeness (QED) is 0.804. The number of benzene rings is 1. The van der Waals surface area contributed by atoms with Crippen LogP contribution < -0.4 is 4.72 Å². The molecule has 1 atom stereocenters. The second-order valence-corrected chi connectivity index (χ2v) is 7.46. The summed E-state index contributed by atoms with van der Waals surface area (Å²) in [5, 5.41) is 19.0. The number of nitriles is 1. The molecule has 0 aliphatic rings. The van der Waals surface area contributed by atoms with E-state index in [1.54, 1.807) is 19.0 Å². The van der Waals surface area contributed by atoms with Gasteiger partial charge in [0, 0.05) is 13.1 Å². The van der Waals surface area contributed by atoms with Crippen LogP contribution in [0.3, 0.4) is 0 Å². The number of hydrogen-bond acceptors (Lipinski definition) is 5. The summed E-state index contributed by atoms with van der Waals surface area (Å²) in [7, 11) is -0.356. The topological polar surface area (TPSA) is 93.4 Å². The van der Waals surface area contributed by atoms with E-state index in [9.17, 15) is 13.5 Å². The minimum atomic E-state index is -3.90. The summed E-state index contributed by atoms with van der Waals surface area (Å²) in [5.74, 6) is 0. The zero-order chi connectivity index (χ0) is 16.3. The maximum absolute atomic E-state index is 12.2. The molecular weight excluding hydrogens is 314 g/mol. The molecule has 0 fully saturated rings. The Kier molecular flexibility index (Phi) is 5.73. The van der Waals surface area contributed by atoms with Crippen molar-refractivity contribution in [2.24, 2.45) is 0 Å². The molecule has 0 spiro atoms. The van der Waals surface area contributed by atoms with Gasteiger partial charge < -0.3 is 10.0 Å². The number of hydrogen-bond donors (Lipinski definition) is 2. The van der Waals surface area contributed by atoms with E-state index in [1.165, 1.54) is 25.1 Å². The van der Waals surface area contributed by atoms with Gasteiger partial charge >= 0.3 is 0 Å². The zero-order valence-electron chi connectivity index (χ0n) is 12.1. The first-order chi connectivity index (χ1) is 9.57. The fraction of sp³-hybridized carbons (Fsp3) is 0.462. The molecule has 0 saturated heterocycles. The Hall–Kier alpha value is -1.17. The number of aliphatic hydroxyl groups is 1. The van der Waals surface area contributed by atoms with E-state index >= 15 is 0 Å². The highest BCUT2D eigenvalue weighted by atomic mass is 35.5. The van der Waals surface area contributed by atoms with Gasteiger partial charge in [-0.3, -0.25) is 0 Å². The van der Waals surface area contributed by atoms with Gasteiger partial charge in [-0.15, -0.1) is 0 Å². The summed E-state index contributed by atoms with van der Waals surface area (Å²) in [5.41, 5.74) is -1.03. The van der Waals surface area contributed by atoms with Gasteiger partial charge in [-0.05, 0) is 39.2 Å². The lowest BCUT2D eigenvalue weighted by Gasteiger charge is -2.27. The molecule has 1 aromatic carbocycles. The second-order valence-electron chi connectivity index (χ2n) is 5.32. The maximum atomic E-state index is 12.2. The highest BCUT2D eigenvalue weighted by Crippen LogP contribution is 2.22. The number of nitrogens with one attached hydrogen (secondary N) is 1. The largest absolute Gasteiger partial charge is 0.387 e. The van der Waals surface area contributed by atoms with Crippen LogP contribution in [0.15, 0.2) is 23.1 Å². The number of rotatable bonds is 6. The molecule has 21 heavy (non-hydrogen) atoms. The molecule has 0 aliphatic carbocycles. The molecule has 2 N–H and O–H groups in total. The van der Waals surface area contributed by atoms with Crippen molar-refractivity contribution in [1.82, 2.24) is 9.62 Å². The third-order valence-electron chi connectivity index (χ3n) is 2.65. The molecular formula is C13H18ClN3O3S. The molecule has 6 nitrogen and oxygen atoms in total. The Labute approximate surface area is 130 Å².